The molecule has 82 valence electrons. The zero-order valence-corrected chi connectivity index (χ0v) is 10.5. The maximum atomic E-state index is 8.78. The highest BCUT2D eigenvalue weighted by Crippen LogP contribution is 2.27. The fourth-order valence-electron chi connectivity index (χ4n) is 1.44. The number of benzene rings is 1. The van der Waals surface area contributed by atoms with Gasteiger partial charge in [-0.15, -0.1) is 0 Å². The Balaban J connectivity index is 2.48. The van der Waals surface area contributed by atoms with Crippen LogP contribution in [0.25, 0.3) is 11.0 Å². The molecule has 0 aliphatic carbocycles. The van der Waals surface area contributed by atoms with Crippen LogP contribution in [0.4, 0.5) is 0 Å². The normalized spacial score (nSPS) is 12.6. The predicted molar refractivity (Wildman–Crippen MR) is 66.7 cm³/mol. The van der Waals surface area contributed by atoms with Gasteiger partial charge in [0, 0.05) is 12.1 Å². The second-order valence-corrected chi connectivity index (χ2v) is 5.22. The molecule has 0 bridgehead atoms. The van der Waals surface area contributed by atoms with E-state index in [1.165, 1.54) is 11.8 Å². The molecule has 0 aliphatic rings. The smallest absolute Gasteiger partial charge is 0.170 e. The molecule has 0 fully saturated rings. The van der Waals surface area contributed by atoms with E-state index in [4.69, 9.17) is 16.9 Å². The van der Waals surface area contributed by atoms with Crippen LogP contribution in [0.3, 0.4) is 0 Å². The van der Waals surface area contributed by atoms with Crippen molar-refractivity contribution < 1.29 is 0 Å². The molecule has 16 heavy (non-hydrogen) atoms. The first kappa shape index (κ1) is 11.3. The monoisotopic (exact) mass is 251 g/mol. The van der Waals surface area contributed by atoms with Crippen LogP contribution in [0, 0.1) is 11.3 Å². The van der Waals surface area contributed by atoms with E-state index in [2.05, 4.69) is 11.1 Å². The SMILES string of the molecule is C[C@@H](C#N)Sc1nc2cc(Cl)ccc2n1C. The van der Waals surface area contributed by atoms with Gasteiger partial charge >= 0.3 is 0 Å². The second kappa shape index (κ2) is 4.36. The largest absolute Gasteiger partial charge is 0.322 e. The van der Waals surface area contributed by atoms with Crippen molar-refractivity contribution in [3.05, 3.63) is 23.2 Å². The van der Waals surface area contributed by atoms with Crippen molar-refractivity contribution in [2.24, 2.45) is 7.05 Å². The first-order chi connectivity index (χ1) is 7.61. The molecular weight excluding hydrogens is 242 g/mol. The van der Waals surface area contributed by atoms with Gasteiger partial charge in [-0.05, 0) is 25.1 Å². The molecule has 0 radical (unpaired) electrons. The number of hydrogen-bond acceptors (Lipinski definition) is 3. The molecule has 0 saturated carbocycles. The molecule has 2 rings (SSSR count). The fraction of sp³-hybridized carbons (Fsp3) is 0.273. The van der Waals surface area contributed by atoms with Gasteiger partial charge in [0.1, 0.15) is 0 Å². The first-order valence-electron chi connectivity index (χ1n) is 4.80. The zero-order chi connectivity index (χ0) is 11.7. The summed E-state index contributed by atoms with van der Waals surface area (Å²) in [4.78, 5) is 4.45. The van der Waals surface area contributed by atoms with Crippen molar-refractivity contribution in [2.75, 3.05) is 0 Å². The summed E-state index contributed by atoms with van der Waals surface area (Å²) in [5.41, 5.74) is 1.89. The van der Waals surface area contributed by atoms with Gasteiger partial charge in [0.2, 0.25) is 0 Å². The predicted octanol–water partition coefficient (Wildman–Crippen LogP) is 3.23. The number of imidazole rings is 1. The minimum atomic E-state index is -0.106. The van der Waals surface area contributed by atoms with Gasteiger partial charge in [0.25, 0.3) is 0 Å². The van der Waals surface area contributed by atoms with Crippen LogP contribution in [-0.2, 0) is 7.05 Å². The lowest BCUT2D eigenvalue weighted by atomic mass is 10.3. The van der Waals surface area contributed by atoms with Gasteiger partial charge in [-0.25, -0.2) is 4.98 Å². The summed E-state index contributed by atoms with van der Waals surface area (Å²) in [7, 11) is 1.94. The van der Waals surface area contributed by atoms with Crippen molar-refractivity contribution in [1.29, 1.82) is 5.26 Å². The fourth-order valence-corrected chi connectivity index (χ4v) is 2.38. The Kier molecular flexibility index (Phi) is 3.08. The molecule has 0 aliphatic heterocycles. The summed E-state index contributed by atoms with van der Waals surface area (Å²) in [6, 6.07) is 7.79. The molecule has 1 heterocycles. The van der Waals surface area contributed by atoms with Crippen molar-refractivity contribution in [2.45, 2.75) is 17.3 Å². The van der Waals surface area contributed by atoms with Crippen molar-refractivity contribution >= 4 is 34.4 Å². The van der Waals surface area contributed by atoms with Gasteiger partial charge < -0.3 is 4.57 Å². The molecule has 0 saturated heterocycles. The Morgan fingerprint density at radius 2 is 2.31 bits per heavy atom. The summed E-state index contributed by atoms with van der Waals surface area (Å²) >= 11 is 7.35. The number of aromatic nitrogens is 2. The van der Waals surface area contributed by atoms with Crippen molar-refractivity contribution in [1.82, 2.24) is 9.55 Å². The highest BCUT2D eigenvalue weighted by molar-refractivity contribution is 8.00. The van der Waals surface area contributed by atoms with Gasteiger partial charge in [0.15, 0.2) is 5.16 Å². The van der Waals surface area contributed by atoms with Crippen LogP contribution in [0.1, 0.15) is 6.92 Å². The van der Waals surface area contributed by atoms with E-state index in [-0.39, 0.29) is 5.25 Å². The maximum absolute atomic E-state index is 8.78. The number of halogens is 1. The topological polar surface area (TPSA) is 41.6 Å². The number of nitrogens with zero attached hydrogens (tertiary/aromatic N) is 3. The molecule has 0 unspecified atom stereocenters. The summed E-state index contributed by atoms with van der Waals surface area (Å²) in [6.45, 7) is 1.86. The van der Waals surface area contributed by atoms with Crippen LogP contribution in [0.2, 0.25) is 5.02 Å². The molecule has 1 aromatic carbocycles. The Morgan fingerprint density at radius 1 is 1.56 bits per heavy atom. The van der Waals surface area contributed by atoms with E-state index in [1.807, 2.05) is 36.7 Å². The summed E-state index contributed by atoms with van der Waals surface area (Å²) in [5, 5.41) is 10.2. The molecule has 1 aromatic heterocycles. The van der Waals surface area contributed by atoms with E-state index >= 15 is 0 Å². The first-order valence-corrected chi connectivity index (χ1v) is 6.06. The number of rotatable bonds is 2. The lowest BCUT2D eigenvalue weighted by molar-refractivity contribution is 0.813. The van der Waals surface area contributed by atoms with Crippen molar-refractivity contribution in [3.63, 3.8) is 0 Å². The second-order valence-electron chi connectivity index (χ2n) is 3.48. The summed E-state index contributed by atoms with van der Waals surface area (Å²) in [6.07, 6.45) is 0. The van der Waals surface area contributed by atoms with E-state index < -0.39 is 0 Å². The lowest BCUT2D eigenvalue weighted by Crippen LogP contribution is -1.96. The Bertz CT molecular complexity index is 570. The molecule has 0 spiro atoms. The molecular formula is C11H10ClN3S. The number of thioether (sulfide) groups is 1. The summed E-state index contributed by atoms with van der Waals surface area (Å²) < 4.78 is 1.98. The maximum Gasteiger partial charge on any atom is 0.170 e. The molecule has 3 nitrogen and oxygen atoms in total. The minimum absolute atomic E-state index is 0.106. The number of hydrogen-bond donors (Lipinski definition) is 0. The molecule has 0 N–H and O–H groups in total. The van der Waals surface area contributed by atoms with E-state index in [0.717, 1.165) is 16.2 Å². The Hall–Kier alpha value is -1.18. The van der Waals surface area contributed by atoms with Crippen LogP contribution in [0.5, 0.6) is 0 Å². The average molecular weight is 252 g/mol. The standard InChI is InChI=1S/C11H10ClN3S/c1-7(6-13)16-11-14-9-5-8(12)3-4-10(9)15(11)2/h3-5,7H,1-2H3/t7-/m0/s1. The Labute approximate surface area is 103 Å². The minimum Gasteiger partial charge on any atom is -0.322 e. The van der Waals surface area contributed by atoms with Gasteiger partial charge in [-0.2, -0.15) is 5.26 Å². The highest BCUT2D eigenvalue weighted by atomic mass is 35.5. The Morgan fingerprint density at radius 3 is 3.00 bits per heavy atom. The molecule has 2 aromatic rings. The number of fused-ring (bicyclic) bond motifs is 1. The summed E-state index contributed by atoms with van der Waals surface area (Å²) in [5.74, 6) is 0. The van der Waals surface area contributed by atoms with E-state index in [1.54, 1.807) is 0 Å². The van der Waals surface area contributed by atoms with Crippen LogP contribution < -0.4 is 0 Å². The van der Waals surface area contributed by atoms with Gasteiger partial charge in [-0.3, -0.25) is 0 Å². The molecule has 5 heteroatoms. The number of nitriles is 1. The average Bonchev–Trinajstić information content (AvgIpc) is 2.55. The molecule has 0 amide bonds. The van der Waals surface area contributed by atoms with Gasteiger partial charge in [0.05, 0.1) is 22.4 Å². The van der Waals surface area contributed by atoms with Crippen LogP contribution in [-0.4, -0.2) is 14.8 Å². The van der Waals surface area contributed by atoms with Gasteiger partial charge in [-0.1, -0.05) is 23.4 Å². The van der Waals surface area contributed by atoms with Crippen LogP contribution >= 0.6 is 23.4 Å². The molecule has 1 atom stereocenters. The number of aryl methyl sites for hydroxylation is 1. The van der Waals surface area contributed by atoms with E-state index in [0.29, 0.717) is 5.02 Å². The third-order valence-corrected chi connectivity index (χ3v) is 3.54. The quantitative estimate of drug-likeness (QED) is 0.770. The highest BCUT2D eigenvalue weighted by Gasteiger charge is 2.11. The van der Waals surface area contributed by atoms with Crippen LogP contribution in [0.15, 0.2) is 23.4 Å². The lowest BCUT2D eigenvalue weighted by Gasteiger charge is -2.02. The van der Waals surface area contributed by atoms with E-state index in [9.17, 15) is 0 Å². The third-order valence-electron chi connectivity index (χ3n) is 2.27. The third kappa shape index (κ3) is 2.01. The zero-order valence-electron chi connectivity index (χ0n) is 8.94. The van der Waals surface area contributed by atoms with Crippen molar-refractivity contribution in [3.8, 4) is 6.07 Å².